The van der Waals surface area contributed by atoms with Gasteiger partial charge >= 0.3 is 0 Å². The van der Waals surface area contributed by atoms with Crippen molar-refractivity contribution in [2.45, 2.75) is 39.3 Å². The van der Waals surface area contributed by atoms with Gasteiger partial charge in [0.15, 0.2) is 5.76 Å². The van der Waals surface area contributed by atoms with Gasteiger partial charge in [0.2, 0.25) is 0 Å². The molecule has 7 nitrogen and oxygen atoms in total. The monoisotopic (exact) mass is 312 g/mol. The van der Waals surface area contributed by atoms with Gasteiger partial charge in [0.1, 0.15) is 6.33 Å². The molecule has 3 aromatic rings. The Morgan fingerprint density at radius 1 is 1.17 bits per heavy atom. The summed E-state index contributed by atoms with van der Waals surface area (Å²) in [6.45, 7) is 6.97. The lowest BCUT2D eigenvalue weighted by molar-refractivity contribution is 0.359. The predicted octanol–water partition coefficient (Wildman–Crippen LogP) is 2.62. The molecule has 2 aromatic heterocycles. The topological polar surface area (TPSA) is 81.7 Å². The van der Waals surface area contributed by atoms with Crippen molar-refractivity contribution in [1.29, 1.82) is 0 Å². The van der Waals surface area contributed by atoms with Crippen molar-refractivity contribution < 1.29 is 4.52 Å². The average Bonchev–Trinajstić information content (AvgIpc) is 3.24. The third kappa shape index (κ3) is 3.62. The molecule has 0 amide bonds. The second-order valence-corrected chi connectivity index (χ2v) is 5.82. The third-order valence-corrected chi connectivity index (χ3v) is 3.76. The smallest absolute Gasteiger partial charge is 0.150 e. The fourth-order valence-corrected chi connectivity index (χ4v) is 2.25. The van der Waals surface area contributed by atoms with Crippen LogP contribution >= 0.6 is 0 Å². The SMILES string of the molecule is CC(C)c1cc(CN[C@H](C)c2ccc(-n3cnnn3)cc2)on1. The van der Waals surface area contributed by atoms with E-state index in [1.165, 1.54) is 5.56 Å². The zero-order valence-corrected chi connectivity index (χ0v) is 13.5. The van der Waals surface area contributed by atoms with E-state index in [1.807, 2.05) is 18.2 Å². The van der Waals surface area contributed by atoms with Crippen LogP contribution in [-0.2, 0) is 6.54 Å². The zero-order valence-electron chi connectivity index (χ0n) is 13.5. The number of aromatic nitrogens is 5. The van der Waals surface area contributed by atoms with E-state index in [-0.39, 0.29) is 6.04 Å². The summed E-state index contributed by atoms with van der Waals surface area (Å²) in [7, 11) is 0. The van der Waals surface area contributed by atoms with E-state index < -0.39 is 0 Å². The maximum Gasteiger partial charge on any atom is 0.150 e. The average molecular weight is 312 g/mol. The van der Waals surface area contributed by atoms with Crippen molar-refractivity contribution in [3.63, 3.8) is 0 Å². The standard InChI is InChI=1S/C16H20N6O/c1-11(2)16-8-15(23-19-16)9-17-12(3)13-4-6-14(7-5-13)22-10-18-20-21-22/h4-8,10-12,17H,9H2,1-3H3/t12-/m1/s1. The Kier molecular flexibility index (Phi) is 4.47. The number of hydrogen-bond acceptors (Lipinski definition) is 6. The van der Waals surface area contributed by atoms with Gasteiger partial charge in [-0.1, -0.05) is 31.1 Å². The summed E-state index contributed by atoms with van der Waals surface area (Å²) in [5.41, 5.74) is 3.11. The molecule has 3 rings (SSSR count). The zero-order chi connectivity index (χ0) is 16.2. The Bertz CT molecular complexity index is 732. The largest absolute Gasteiger partial charge is 0.360 e. The van der Waals surface area contributed by atoms with Gasteiger partial charge in [0.25, 0.3) is 0 Å². The highest BCUT2D eigenvalue weighted by atomic mass is 16.5. The number of nitrogens with one attached hydrogen (secondary N) is 1. The Hall–Kier alpha value is -2.54. The van der Waals surface area contributed by atoms with Crippen LogP contribution in [0.25, 0.3) is 5.69 Å². The molecule has 0 aliphatic rings. The summed E-state index contributed by atoms with van der Waals surface area (Å²) in [4.78, 5) is 0. The summed E-state index contributed by atoms with van der Waals surface area (Å²) in [5.74, 6) is 1.23. The highest BCUT2D eigenvalue weighted by Crippen LogP contribution is 2.17. The molecule has 1 N–H and O–H groups in total. The molecule has 0 radical (unpaired) electrons. The molecule has 23 heavy (non-hydrogen) atoms. The molecular formula is C16H20N6O. The summed E-state index contributed by atoms with van der Waals surface area (Å²) in [5, 5.41) is 18.7. The summed E-state index contributed by atoms with van der Waals surface area (Å²) >= 11 is 0. The Balaban J connectivity index is 1.60. The van der Waals surface area contributed by atoms with E-state index in [4.69, 9.17) is 4.52 Å². The molecular weight excluding hydrogens is 292 g/mol. The number of benzene rings is 1. The molecule has 120 valence electrons. The molecule has 1 aromatic carbocycles. The maximum atomic E-state index is 5.34. The Morgan fingerprint density at radius 2 is 1.96 bits per heavy atom. The van der Waals surface area contributed by atoms with Crippen LogP contribution in [0.3, 0.4) is 0 Å². The van der Waals surface area contributed by atoms with Crippen molar-refractivity contribution >= 4 is 0 Å². The van der Waals surface area contributed by atoms with Crippen molar-refractivity contribution in [2.24, 2.45) is 0 Å². The van der Waals surface area contributed by atoms with Gasteiger partial charge in [0, 0.05) is 12.1 Å². The first-order chi connectivity index (χ1) is 11.1. The molecule has 2 heterocycles. The number of hydrogen-bond donors (Lipinski definition) is 1. The minimum absolute atomic E-state index is 0.200. The van der Waals surface area contributed by atoms with E-state index in [9.17, 15) is 0 Å². The number of rotatable bonds is 6. The van der Waals surface area contributed by atoms with Crippen molar-refractivity contribution in [3.8, 4) is 5.69 Å². The van der Waals surface area contributed by atoms with Crippen LogP contribution in [0.15, 0.2) is 41.2 Å². The van der Waals surface area contributed by atoms with Crippen molar-refractivity contribution in [2.75, 3.05) is 0 Å². The first-order valence-corrected chi connectivity index (χ1v) is 7.65. The molecule has 0 aliphatic carbocycles. The van der Waals surface area contributed by atoms with Gasteiger partial charge in [-0.2, -0.15) is 0 Å². The van der Waals surface area contributed by atoms with Crippen LogP contribution in [-0.4, -0.2) is 25.4 Å². The third-order valence-electron chi connectivity index (χ3n) is 3.76. The number of nitrogens with zero attached hydrogens (tertiary/aromatic N) is 5. The molecule has 0 saturated heterocycles. The lowest BCUT2D eigenvalue weighted by Gasteiger charge is -2.13. The second-order valence-electron chi connectivity index (χ2n) is 5.82. The van der Waals surface area contributed by atoms with E-state index in [2.05, 4.69) is 58.9 Å². The second kappa shape index (κ2) is 6.70. The van der Waals surface area contributed by atoms with Gasteiger partial charge in [-0.3, -0.25) is 0 Å². The molecule has 0 bridgehead atoms. The fraction of sp³-hybridized carbons (Fsp3) is 0.375. The summed E-state index contributed by atoms with van der Waals surface area (Å²) in [6, 6.07) is 10.3. The van der Waals surface area contributed by atoms with Gasteiger partial charge < -0.3 is 9.84 Å². The van der Waals surface area contributed by atoms with E-state index in [0.29, 0.717) is 12.5 Å². The Labute approximate surface area is 134 Å². The first kappa shape index (κ1) is 15.4. The van der Waals surface area contributed by atoms with E-state index in [1.54, 1.807) is 11.0 Å². The van der Waals surface area contributed by atoms with Crippen LogP contribution in [0.2, 0.25) is 0 Å². The minimum atomic E-state index is 0.200. The maximum absolute atomic E-state index is 5.34. The predicted molar refractivity (Wildman–Crippen MR) is 85.0 cm³/mol. The fourth-order valence-electron chi connectivity index (χ4n) is 2.25. The van der Waals surface area contributed by atoms with Crippen LogP contribution in [0, 0.1) is 0 Å². The Morgan fingerprint density at radius 3 is 2.57 bits per heavy atom. The molecule has 0 spiro atoms. The van der Waals surface area contributed by atoms with Crippen LogP contribution in [0.5, 0.6) is 0 Å². The molecule has 1 atom stereocenters. The molecule has 0 aliphatic heterocycles. The van der Waals surface area contributed by atoms with Crippen LogP contribution < -0.4 is 5.32 Å². The lowest BCUT2D eigenvalue weighted by atomic mass is 10.1. The van der Waals surface area contributed by atoms with Gasteiger partial charge in [0.05, 0.1) is 17.9 Å². The van der Waals surface area contributed by atoms with Crippen LogP contribution in [0.1, 0.15) is 49.7 Å². The molecule has 0 unspecified atom stereocenters. The number of tetrazole rings is 1. The summed E-state index contributed by atoms with van der Waals surface area (Å²) in [6.07, 6.45) is 1.58. The van der Waals surface area contributed by atoms with Gasteiger partial charge in [-0.25, -0.2) is 4.68 Å². The highest BCUT2D eigenvalue weighted by Gasteiger charge is 2.10. The molecule has 0 fully saturated rings. The lowest BCUT2D eigenvalue weighted by Crippen LogP contribution is -2.17. The van der Waals surface area contributed by atoms with E-state index in [0.717, 1.165) is 17.1 Å². The normalized spacial score (nSPS) is 12.7. The first-order valence-electron chi connectivity index (χ1n) is 7.65. The minimum Gasteiger partial charge on any atom is -0.360 e. The van der Waals surface area contributed by atoms with E-state index >= 15 is 0 Å². The van der Waals surface area contributed by atoms with Gasteiger partial charge in [-0.05, 0) is 41.0 Å². The van der Waals surface area contributed by atoms with Crippen LogP contribution in [0.4, 0.5) is 0 Å². The summed E-state index contributed by atoms with van der Waals surface area (Å²) < 4.78 is 6.97. The highest BCUT2D eigenvalue weighted by molar-refractivity contribution is 5.34. The quantitative estimate of drug-likeness (QED) is 0.753. The molecule has 0 saturated carbocycles. The molecule has 7 heteroatoms. The van der Waals surface area contributed by atoms with Gasteiger partial charge in [-0.15, -0.1) is 5.10 Å². The van der Waals surface area contributed by atoms with Crippen molar-refractivity contribution in [1.82, 2.24) is 30.7 Å². The van der Waals surface area contributed by atoms with Crippen molar-refractivity contribution in [3.05, 3.63) is 53.7 Å².